The third-order valence-corrected chi connectivity index (χ3v) is 6.52. The van der Waals surface area contributed by atoms with Crippen molar-refractivity contribution >= 4 is 34.8 Å². The highest BCUT2D eigenvalue weighted by molar-refractivity contribution is 7.11. The van der Waals surface area contributed by atoms with Gasteiger partial charge in [-0.05, 0) is 53.6 Å². The normalized spacial score (nSPS) is 14.9. The van der Waals surface area contributed by atoms with Crippen molar-refractivity contribution in [2.75, 3.05) is 13.1 Å². The van der Waals surface area contributed by atoms with Crippen molar-refractivity contribution in [2.45, 2.75) is 19.4 Å². The molecule has 32 heavy (non-hydrogen) atoms. The maximum absolute atomic E-state index is 13.4. The molecule has 1 aliphatic rings. The molecule has 2 N–H and O–H groups in total. The predicted octanol–water partition coefficient (Wildman–Crippen LogP) is 4.59. The van der Waals surface area contributed by atoms with Crippen LogP contribution in [0.3, 0.4) is 0 Å². The summed E-state index contributed by atoms with van der Waals surface area (Å²) in [7, 11) is 0. The molecule has 2 heterocycles. The van der Waals surface area contributed by atoms with Gasteiger partial charge in [-0.1, -0.05) is 48.5 Å². The maximum Gasteiger partial charge on any atom is 0.255 e. The Hall–Kier alpha value is -3.38. The van der Waals surface area contributed by atoms with Crippen molar-refractivity contribution in [1.29, 1.82) is 0 Å². The molecule has 0 unspecified atom stereocenters. The van der Waals surface area contributed by atoms with E-state index in [9.17, 15) is 9.59 Å². The van der Waals surface area contributed by atoms with Crippen LogP contribution in [0, 0.1) is 5.92 Å². The molecule has 2 amide bonds. The van der Waals surface area contributed by atoms with Gasteiger partial charge in [0.1, 0.15) is 12.4 Å². The third kappa shape index (κ3) is 5.45. The topological polar surface area (TPSA) is 72.6 Å². The lowest BCUT2D eigenvalue weighted by Gasteiger charge is -2.31. The lowest BCUT2D eigenvalue weighted by atomic mass is 9.95. The minimum absolute atomic E-state index is 0.0222. The van der Waals surface area contributed by atoms with Crippen LogP contribution in [0.4, 0.5) is 0 Å². The van der Waals surface area contributed by atoms with Crippen molar-refractivity contribution in [3.05, 3.63) is 88.1 Å². The van der Waals surface area contributed by atoms with E-state index in [1.54, 1.807) is 0 Å². The molecular weight excluding hydrogens is 420 g/mol. The number of benzene rings is 2. The summed E-state index contributed by atoms with van der Waals surface area (Å²) in [6.07, 6.45) is 3.15. The first-order chi connectivity index (χ1) is 15.6. The van der Waals surface area contributed by atoms with Crippen LogP contribution in [0.1, 0.15) is 28.8 Å². The van der Waals surface area contributed by atoms with Gasteiger partial charge in [0.15, 0.2) is 0 Å². The van der Waals surface area contributed by atoms with Crippen molar-refractivity contribution in [2.24, 2.45) is 11.7 Å². The minimum atomic E-state index is -0.279. The quantitative estimate of drug-likeness (QED) is 0.540. The van der Waals surface area contributed by atoms with E-state index in [4.69, 9.17) is 10.5 Å². The Morgan fingerprint density at radius 1 is 1.03 bits per heavy atom. The summed E-state index contributed by atoms with van der Waals surface area (Å²) in [5.41, 5.74) is 8.09. The summed E-state index contributed by atoms with van der Waals surface area (Å²) in [6, 6.07) is 21.7. The number of piperidine rings is 1. The van der Waals surface area contributed by atoms with Crippen LogP contribution in [-0.4, -0.2) is 29.8 Å². The fourth-order valence-electron chi connectivity index (χ4n) is 3.81. The van der Waals surface area contributed by atoms with E-state index in [1.165, 1.54) is 11.3 Å². The Balaban J connectivity index is 1.53. The van der Waals surface area contributed by atoms with Gasteiger partial charge in [0.2, 0.25) is 5.91 Å². The first-order valence-corrected chi connectivity index (χ1v) is 11.6. The number of nitrogens with zero attached hydrogens (tertiary/aromatic N) is 1. The fraction of sp³-hybridized carbons (Fsp3) is 0.231. The smallest absolute Gasteiger partial charge is 0.255 e. The summed E-state index contributed by atoms with van der Waals surface area (Å²) in [5, 5.41) is 1.97. The molecule has 1 fully saturated rings. The average Bonchev–Trinajstić information content (AvgIpc) is 3.36. The summed E-state index contributed by atoms with van der Waals surface area (Å²) in [6.45, 7) is 1.56. The number of likely N-dealkylation sites (tertiary alicyclic amines) is 1. The Morgan fingerprint density at radius 2 is 1.81 bits per heavy atom. The fourth-order valence-corrected chi connectivity index (χ4v) is 4.54. The predicted molar refractivity (Wildman–Crippen MR) is 128 cm³/mol. The van der Waals surface area contributed by atoms with E-state index in [1.807, 2.05) is 83.1 Å². The van der Waals surface area contributed by atoms with E-state index in [2.05, 4.69) is 0 Å². The molecule has 3 aromatic rings. The molecule has 2 aromatic carbocycles. The molecule has 0 bridgehead atoms. The lowest BCUT2D eigenvalue weighted by Crippen LogP contribution is -2.42. The Labute approximate surface area is 192 Å². The van der Waals surface area contributed by atoms with Crippen molar-refractivity contribution < 1.29 is 14.3 Å². The Morgan fingerprint density at radius 3 is 2.50 bits per heavy atom. The summed E-state index contributed by atoms with van der Waals surface area (Å²) in [4.78, 5) is 27.6. The molecule has 5 nitrogen and oxygen atoms in total. The van der Waals surface area contributed by atoms with Gasteiger partial charge in [0, 0.05) is 23.9 Å². The van der Waals surface area contributed by atoms with E-state index >= 15 is 0 Å². The third-order valence-electron chi connectivity index (χ3n) is 5.62. The molecule has 0 spiro atoms. The van der Waals surface area contributed by atoms with Crippen LogP contribution in [-0.2, 0) is 16.2 Å². The first kappa shape index (κ1) is 21.8. The number of hydrogen-bond donors (Lipinski definition) is 1. The Kier molecular flexibility index (Phi) is 7.02. The number of carbonyl (C=O) groups is 2. The standard InChI is InChI=1S/C26H26N2O3S/c27-25(29)21-11-13-28(14-12-21)26(30)23(24-10-5-15-32-24)17-20-8-4-9-22(16-20)31-18-19-6-2-1-3-7-19/h1-10,15-17,21H,11-14,18H2,(H2,27,29). The molecule has 0 aliphatic carbocycles. The highest BCUT2D eigenvalue weighted by atomic mass is 32.1. The monoisotopic (exact) mass is 446 g/mol. The first-order valence-electron chi connectivity index (χ1n) is 10.7. The van der Waals surface area contributed by atoms with Gasteiger partial charge in [0.05, 0.1) is 5.57 Å². The second-order valence-corrected chi connectivity index (χ2v) is 8.80. The number of amides is 2. The van der Waals surface area contributed by atoms with Gasteiger partial charge in [-0.2, -0.15) is 0 Å². The second kappa shape index (κ2) is 10.3. The van der Waals surface area contributed by atoms with Gasteiger partial charge < -0.3 is 15.4 Å². The zero-order chi connectivity index (χ0) is 22.3. The van der Waals surface area contributed by atoms with Crippen molar-refractivity contribution in [1.82, 2.24) is 4.90 Å². The minimum Gasteiger partial charge on any atom is -0.489 e. The molecular formula is C26H26N2O3S. The summed E-state index contributed by atoms with van der Waals surface area (Å²) >= 11 is 1.54. The SMILES string of the molecule is NC(=O)C1CCN(C(=O)C(=Cc2cccc(OCc3ccccc3)c2)c2cccs2)CC1. The number of ether oxygens (including phenoxy) is 1. The van der Waals surface area contributed by atoms with Gasteiger partial charge in [-0.3, -0.25) is 9.59 Å². The molecule has 0 saturated carbocycles. The van der Waals surface area contributed by atoms with Crippen LogP contribution in [0.15, 0.2) is 72.1 Å². The van der Waals surface area contributed by atoms with Gasteiger partial charge in [-0.15, -0.1) is 11.3 Å². The highest BCUT2D eigenvalue weighted by Gasteiger charge is 2.28. The van der Waals surface area contributed by atoms with Gasteiger partial charge in [-0.25, -0.2) is 0 Å². The zero-order valence-corrected chi connectivity index (χ0v) is 18.6. The number of thiophene rings is 1. The van der Waals surface area contributed by atoms with Crippen LogP contribution in [0.5, 0.6) is 5.75 Å². The van der Waals surface area contributed by atoms with Crippen molar-refractivity contribution in [3.63, 3.8) is 0 Å². The lowest BCUT2D eigenvalue weighted by molar-refractivity contribution is -0.130. The number of nitrogens with two attached hydrogens (primary N) is 1. The molecule has 1 aliphatic heterocycles. The van der Waals surface area contributed by atoms with E-state index < -0.39 is 0 Å². The molecule has 164 valence electrons. The molecule has 0 radical (unpaired) electrons. The maximum atomic E-state index is 13.4. The average molecular weight is 447 g/mol. The van der Waals surface area contributed by atoms with Crippen LogP contribution < -0.4 is 10.5 Å². The van der Waals surface area contributed by atoms with Gasteiger partial charge in [0.25, 0.3) is 5.91 Å². The van der Waals surface area contributed by atoms with E-state index in [0.717, 1.165) is 21.8 Å². The van der Waals surface area contributed by atoms with E-state index in [0.29, 0.717) is 38.1 Å². The summed E-state index contributed by atoms with van der Waals surface area (Å²) in [5.74, 6) is 0.305. The largest absolute Gasteiger partial charge is 0.489 e. The number of rotatable bonds is 7. The number of hydrogen-bond acceptors (Lipinski definition) is 4. The Bertz CT molecular complexity index is 1090. The molecule has 1 saturated heterocycles. The van der Waals surface area contributed by atoms with E-state index in [-0.39, 0.29) is 17.7 Å². The molecule has 0 atom stereocenters. The van der Waals surface area contributed by atoms with Crippen LogP contribution in [0.2, 0.25) is 0 Å². The van der Waals surface area contributed by atoms with Crippen molar-refractivity contribution in [3.8, 4) is 5.75 Å². The molecule has 1 aromatic heterocycles. The zero-order valence-electron chi connectivity index (χ0n) is 17.8. The second-order valence-electron chi connectivity index (χ2n) is 7.85. The van der Waals surface area contributed by atoms with Crippen LogP contribution in [0.25, 0.3) is 11.6 Å². The highest BCUT2D eigenvalue weighted by Crippen LogP contribution is 2.28. The van der Waals surface area contributed by atoms with Crippen LogP contribution >= 0.6 is 11.3 Å². The molecule has 4 rings (SSSR count). The summed E-state index contributed by atoms with van der Waals surface area (Å²) < 4.78 is 5.95. The number of carbonyl (C=O) groups excluding carboxylic acids is 2. The van der Waals surface area contributed by atoms with Gasteiger partial charge >= 0.3 is 0 Å². The molecule has 6 heteroatoms. The number of primary amides is 1.